The Labute approximate surface area is 266 Å². The monoisotopic (exact) mass is 659 g/mol. The zero-order valence-corrected chi connectivity index (χ0v) is 32.8. The minimum absolute atomic E-state index is 0.114. The van der Waals surface area contributed by atoms with E-state index in [1.807, 2.05) is 4.90 Å². The average molecular weight is 660 g/mol. The molecule has 0 bridgehead atoms. The first kappa shape index (κ1) is 40.2. The van der Waals surface area contributed by atoms with Crippen LogP contribution < -0.4 is 0 Å². The van der Waals surface area contributed by atoms with Gasteiger partial charge < -0.3 is 28.0 Å². The molecule has 0 saturated carbocycles. The quantitative estimate of drug-likeness (QED) is 0.0530. The lowest BCUT2D eigenvalue weighted by molar-refractivity contribution is -0.151. The summed E-state index contributed by atoms with van der Waals surface area (Å²) in [7, 11) is -5.83. The number of ether oxygens (including phenoxy) is 3. The third-order valence-corrected chi connectivity index (χ3v) is 21.3. The minimum atomic E-state index is -2.22. The molecule has 0 aromatic rings. The van der Waals surface area contributed by atoms with Gasteiger partial charge in [0.15, 0.2) is 8.32 Å². The van der Waals surface area contributed by atoms with Crippen LogP contribution in [0.4, 0.5) is 0 Å². The number of nitrogens with zero attached hydrogens (tertiary/aromatic N) is 1. The molecule has 8 nitrogen and oxygen atoms in total. The van der Waals surface area contributed by atoms with E-state index >= 15 is 0 Å². The summed E-state index contributed by atoms with van der Waals surface area (Å²) in [5.74, 6) is -0.281. The van der Waals surface area contributed by atoms with Crippen LogP contribution >= 0.6 is 0 Å². The Hall–Kier alpha value is -0.829. The lowest BCUT2D eigenvalue weighted by Crippen LogP contribution is -2.65. The van der Waals surface area contributed by atoms with Crippen molar-refractivity contribution in [2.45, 2.75) is 142 Å². The molecule has 11 heteroatoms. The van der Waals surface area contributed by atoms with Crippen LogP contribution in [0, 0.1) is 0 Å². The molecule has 1 saturated heterocycles. The van der Waals surface area contributed by atoms with E-state index in [4.69, 9.17) is 23.1 Å². The highest BCUT2D eigenvalue weighted by atomic mass is 28.4. The summed E-state index contributed by atoms with van der Waals surface area (Å²) >= 11 is 0. The lowest BCUT2D eigenvalue weighted by atomic mass is 10.3. The summed E-state index contributed by atoms with van der Waals surface area (Å²) < 4.78 is 31.3. The molecule has 0 spiro atoms. The maximum Gasteiger partial charge on any atom is 0.333 e. The Balaban J connectivity index is 2.61. The molecule has 1 amide bonds. The largest absolute Gasteiger partial charge is 0.454 e. The smallest absolute Gasteiger partial charge is 0.333 e. The van der Waals surface area contributed by atoms with Gasteiger partial charge in [-0.25, -0.2) is 4.79 Å². The van der Waals surface area contributed by atoms with Crippen molar-refractivity contribution < 1.29 is 32.7 Å². The van der Waals surface area contributed by atoms with Gasteiger partial charge in [-0.15, -0.1) is 0 Å². The van der Waals surface area contributed by atoms with Gasteiger partial charge in [-0.05, 0) is 79.7 Å². The third kappa shape index (κ3) is 13.6. The fourth-order valence-corrected chi connectivity index (χ4v) is 14.7. The van der Waals surface area contributed by atoms with Crippen molar-refractivity contribution in [3.63, 3.8) is 0 Å². The number of likely N-dealkylation sites (tertiary alicyclic amines) is 1. The number of hydrogen-bond acceptors (Lipinski definition) is 7. The molecule has 0 N–H and O–H groups in total. The Bertz CT molecular complexity index is 905. The van der Waals surface area contributed by atoms with Crippen LogP contribution in [0.15, 0.2) is 12.2 Å². The number of hydrogen-bond donors (Lipinski definition) is 0. The summed E-state index contributed by atoms with van der Waals surface area (Å²) in [5.41, 5.74) is 0.339. The van der Waals surface area contributed by atoms with Crippen molar-refractivity contribution in [3.8, 4) is 0 Å². The first-order chi connectivity index (χ1) is 19.7. The highest BCUT2D eigenvalue weighted by Gasteiger charge is 2.51. The van der Waals surface area contributed by atoms with E-state index in [1.165, 1.54) is 18.9 Å². The second-order valence-electron chi connectivity index (χ2n) is 15.0. The van der Waals surface area contributed by atoms with Gasteiger partial charge in [-0.2, -0.15) is 0 Å². The van der Waals surface area contributed by atoms with E-state index < -0.39 is 36.8 Å². The number of amides is 1. The molecule has 1 unspecified atom stereocenters. The summed E-state index contributed by atoms with van der Waals surface area (Å²) in [6.45, 7) is 33.5. The summed E-state index contributed by atoms with van der Waals surface area (Å²) in [5, 5.41) is -0.438. The molecule has 1 aliphatic rings. The van der Waals surface area contributed by atoms with Gasteiger partial charge >= 0.3 is 5.97 Å². The van der Waals surface area contributed by atoms with E-state index in [0.717, 1.165) is 25.4 Å². The molecule has 0 aromatic carbocycles. The number of carbonyl (C=O) groups excluding carboxylic acids is 2. The molecule has 1 fully saturated rings. The normalized spacial score (nSPS) is 16.1. The van der Waals surface area contributed by atoms with Crippen molar-refractivity contribution in [3.05, 3.63) is 12.2 Å². The van der Waals surface area contributed by atoms with Crippen LogP contribution in [0.2, 0.25) is 51.4 Å². The predicted molar refractivity (Wildman–Crippen MR) is 184 cm³/mol. The number of carbonyl (C=O) groups is 2. The van der Waals surface area contributed by atoms with E-state index in [0.29, 0.717) is 31.8 Å². The molecule has 0 aliphatic carbocycles. The maximum absolute atomic E-state index is 12.2. The Morgan fingerprint density at radius 2 is 1.53 bits per heavy atom. The lowest BCUT2D eigenvalue weighted by Gasteiger charge is -2.51. The molecule has 1 heterocycles. The number of rotatable bonds is 22. The minimum Gasteiger partial charge on any atom is -0.454 e. The third-order valence-electron chi connectivity index (χ3n) is 9.25. The summed E-state index contributed by atoms with van der Waals surface area (Å²) in [4.78, 5) is 25.8. The van der Waals surface area contributed by atoms with Gasteiger partial charge in [0, 0.05) is 36.9 Å². The SMILES string of the molecule is C=C(C)C(=O)OC(COCCC[Si](C)(C)OC(C)(C)[Si](C)(C)OC(C)(C)[Si](C)(C)CCCC)COCCN1CCCC1=O. The van der Waals surface area contributed by atoms with Crippen molar-refractivity contribution in [1.29, 1.82) is 0 Å². The molecular weight excluding hydrogens is 595 g/mol. The van der Waals surface area contributed by atoms with Crippen LogP contribution in [-0.2, 0) is 32.7 Å². The van der Waals surface area contributed by atoms with Gasteiger partial charge in [-0.1, -0.05) is 45.5 Å². The molecule has 1 rings (SSSR count). The second kappa shape index (κ2) is 17.2. The molecule has 0 aromatic heterocycles. The first-order valence-electron chi connectivity index (χ1n) is 16.4. The first-order valence-corrected chi connectivity index (χ1v) is 25.6. The van der Waals surface area contributed by atoms with E-state index in [1.54, 1.807) is 6.92 Å². The molecule has 1 aliphatic heterocycles. The fourth-order valence-electron chi connectivity index (χ4n) is 5.20. The molecule has 252 valence electrons. The van der Waals surface area contributed by atoms with Crippen molar-refractivity contribution >= 4 is 36.6 Å². The maximum atomic E-state index is 12.2. The summed E-state index contributed by atoms with van der Waals surface area (Å²) in [6.07, 6.45) is 4.33. The van der Waals surface area contributed by atoms with Crippen LogP contribution in [0.5, 0.6) is 0 Å². The molecule has 43 heavy (non-hydrogen) atoms. The topological polar surface area (TPSA) is 83.5 Å². The molecule has 0 radical (unpaired) electrons. The average Bonchev–Trinajstić information content (AvgIpc) is 3.27. The van der Waals surface area contributed by atoms with Gasteiger partial charge in [0.05, 0.1) is 33.1 Å². The van der Waals surface area contributed by atoms with Crippen LogP contribution in [0.25, 0.3) is 0 Å². The van der Waals surface area contributed by atoms with Crippen molar-refractivity contribution in [1.82, 2.24) is 4.90 Å². The predicted octanol–water partition coefficient (Wildman–Crippen LogP) is 7.11. The van der Waals surface area contributed by atoms with Gasteiger partial charge in [-0.3, -0.25) is 4.79 Å². The van der Waals surface area contributed by atoms with Crippen LogP contribution in [0.1, 0.15) is 73.6 Å². The van der Waals surface area contributed by atoms with Crippen LogP contribution in [0.3, 0.4) is 0 Å². The van der Waals surface area contributed by atoms with Crippen molar-refractivity contribution in [2.75, 3.05) is 39.5 Å². The Morgan fingerprint density at radius 1 is 0.930 bits per heavy atom. The number of esters is 1. The Kier molecular flexibility index (Phi) is 16.1. The van der Waals surface area contributed by atoms with Gasteiger partial charge in [0.2, 0.25) is 14.2 Å². The van der Waals surface area contributed by atoms with E-state index in [9.17, 15) is 9.59 Å². The van der Waals surface area contributed by atoms with E-state index in [2.05, 4.69) is 80.5 Å². The summed E-state index contributed by atoms with van der Waals surface area (Å²) in [6, 6.07) is 2.24. The van der Waals surface area contributed by atoms with Gasteiger partial charge in [0.1, 0.15) is 6.10 Å². The van der Waals surface area contributed by atoms with E-state index in [-0.39, 0.29) is 29.6 Å². The highest BCUT2D eigenvalue weighted by Crippen LogP contribution is 2.38. The fraction of sp³-hybridized carbons (Fsp3) is 0.875. The second-order valence-corrected chi connectivity index (χ2v) is 29.2. The molecule has 1 atom stereocenters. The highest BCUT2D eigenvalue weighted by molar-refractivity contribution is 6.82. The van der Waals surface area contributed by atoms with Crippen molar-refractivity contribution in [2.24, 2.45) is 0 Å². The zero-order valence-electron chi connectivity index (χ0n) is 29.8. The van der Waals surface area contributed by atoms with Crippen LogP contribution in [-0.4, -0.2) is 97.6 Å². The Morgan fingerprint density at radius 3 is 2.07 bits per heavy atom. The number of unbranched alkanes of at least 4 members (excludes halogenated alkanes) is 1. The van der Waals surface area contributed by atoms with Gasteiger partial charge in [0.25, 0.3) is 0 Å². The standard InChI is InChI=1S/C32H65NO7Si3/c1-14-15-23-41(8,9)31(4,5)40-43(12,13)32(6,7)39-42(10,11)24-17-21-36-25-28(38-30(35)27(2)3)26-37-22-20-33-19-16-18-29(33)34/h28H,2,14-26H2,1,3-13H3. The zero-order chi connectivity index (χ0) is 33.1. The molecular formula is C32H65NO7Si3.